The zero-order valence-corrected chi connectivity index (χ0v) is 16.1. The van der Waals surface area contributed by atoms with Crippen LogP contribution in [0.1, 0.15) is 18.1 Å². The Kier molecular flexibility index (Phi) is 5.47. The van der Waals surface area contributed by atoms with Crippen LogP contribution in [0.15, 0.2) is 70.4 Å². The molecular weight excluding hydrogens is 395 g/mol. The number of allylic oxidation sites excluding steroid dienone is 3. The lowest BCUT2D eigenvalue weighted by Crippen LogP contribution is -2.39. The number of hydrogen-bond acceptors (Lipinski definition) is 3. The first kappa shape index (κ1) is 20.9. The summed E-state index contributed by atoms with van der Waals surface area (Å²) in [5.41, 5.74) is -2.13. The maximum absolute atomic E-state index is 13.8. The van der Waals surface area contributed by atoms with E-state index in [2.05, 4.69) is 23.4 Å². The first-order valence-corrected chi connectivity index (χ1v) is 8.75. The number of hydrogen-bond donors (Lipinski definition) is 0. The van der Waals surface area contributed by atoms with E-state index in [1.165, 1.54) is 19.2 Å². The maximum Gasteiger partial charge on any atom is 0.420 e. The number of pyridine rings is 1. The van der Waals surface area contributed by atoms with Crippen molar-refractivity contribution in [2.75, 3.05) is 0 Å². The van der Waals surface area contributed by atoms with Gasteiger partial charge >= 0.3 is 11.9 Å². The predicted octanol–water partition coefficient (Wildman–Crippen LogP) is 3.59. The molecule has 8 heteroatoms. The van der Waals surface area contributed by atoms with Gasteiger partial charge in [-0.3, -0.25) is 9.36 Å². The molecule has 1 aromatic carbocycles. The lowest BCUT2D eigenvalue weighted by Gasteiger charge is -2.15. The van der Waals surface area contributed by atoms with Crippen LogP contribution in [-0.2, 0) is 13.2 Å². The van der Waals surface area contributed by atoms with Crippen molar-refractivity contribution >= 4 is 10.9 Å². The molecule has 30 heavy (non-hydrogen) atoms. The third-order valence-electron chi connectivity index (χ3n) is 4.33. The number of rotatable bonds is 2. The number of benzene rings is 1. The topological polar surface area (TPSA) is 56.9 Å². The van der Waals surface area contributed by atoms with Crippen molar-refractivity contribution in [2.45, 2.75) is 13.1 Å². The fourth-order valence-electron chi connectivity index (χ4n) is 2.90. The van der Waals surface area contributed by atoms with E-state index in [0.717, 1.165) is 16.8 Å². The van der Waals surface area contributed by atoms with Crippen LogP contribution >= 0.6 is 0 Å². The van der Waals surface area contributed by atoms with Crippen LogP contribution < -0.4 is 11.2 Å². The van der Waals surface area contributed by atoms with Crippen molar-refractivity contribution in [3.63, 3.8) is 0 Å². The molecule has 0 amide bonds. The van der Waals surface area contributed by atoms with Gasteiger partial charge in [-0.05, 0) is 30.7 Å². The van der Waals surface area contributed by atoms with Crippen LogP contribution in [0.5, 0.6) is 0 Å². The number of halogens is 3. The smallest absolute Gasteiger partial charge is 0.296 e. The minimum Gasteiger partial charge on any atom is -0.296 e. The Bertz CT molecular complexity index is 1370. The number of aromatic nitrogens is 3. The van der Waals surface area contributed by atoms with Crippen molar-refractivity contribution in [3.8, 4) is 17.7 Å². The molecule has 0 aliphatic heterocycles. The number of aryl methyl sites for hydroxylation is 1. The van der Waals surface area contributed by atoms with Crippen molar-refractivity contribution in [1.82, 2.24) is 14.1 Å². The quantitative estimate of drug-likeness (QED) is 0.478. The van der Waals surface area contributed by atoms with Gasteiger partial charge in [-0.2, -0.15) is 13.2 Å². The van der Waals surface area contributed by atoms with E-state index in [4.69, 9.17) is 0 Å². The lowest BCUT2D eigenvalue weighted by molar-refractivity contribution is -0.137. The summed E-state index contributed by atoms with van der Waals surface area (Å²) in [5, 5.41) is 0.101. The van der Waals surface area contributed by atoms with Gasteiger partial charge in [0.1, 0.15) is 5.56 Å². The molecule has 0 radical (unpaired) electrons. The molecule has 2 aromatic heterocycles. The molecule has 0 saturated heterocycles. The van der Waals surface area contributed by atoms with Crippen LogP contribution in [0.25, 0.3) is 16.7 Å². The predicted molar refractivity (Wildman–Crippen MR) is 108 cm³/mol. The molecule has 0 saturated carbocycles. The summed E-state index contributed by atoms with van der Waals surface area (Å²) >= 11 is 0. The second kappa shape index (κ2) is 7.87. The number of nitrogens with zero attached hydrogens (tertiary/aromatic N) is 3. The van der Waals surface area contributed by atoms with Gasteiger partial charge in [0.15, 0.2) is 5.82 Å². The molecule has 0 atom stereocenters. The second-order valence-electron chi connectivity index (χ2n) is 6.43. The third kappa shape index (κ3) is 3.82. The monoisotopic (exact) mass is 411 g/mol. The molecule has 3 rings (SSSR count). The molecule has 0 aliphatic rings. The Morgan fingerprint density at radius 1 is 1.23 bits per heavy atom. The molecule has 2 heterocycles. The van der Waals surface area contributed by atoms with E-state index in [9.17, 15) is 22.8 Å². The van der Waals surface area contributed by atoms with Crippen molar-refractivity contribution in [2.24, 2.45) is 7.05 Å². The van der Waals surface area contributed by atoms with E-state index < -0.39 is 28.8 Å². The molecule has 0 bridgehead atoms. The number of alkyl halides is 3. The summed E-state index contributed by atoms with van der Waals surface area (Å²) in [6, 6.07) is 6.95. The van der Waals surface area contributed by atoms with Crippen molar-refractivity contribution < 1.29 is 13.2 Å². The zero-order valence-electron chi connectivity index (χ0n) is 16.1. The highest BCUT2D eigenvalue weighted by molar-refractivity contribution is 5.78. The first-order chi connectivity index (χ1) is 14.1. The molecule has 0 aliphatic carbocycles. The molecule has 5 nitrogen and oxygen atoms in total. The van der Waals surface area contributed by atoms with Gasteiger partial charge < -0.3 is 0 Å². The van der Waals surface area contributed by atoms with Gasteiger partial charge in [0.25, 0.3) is 5.56 Å². The van der Waals surface area contributed by atoms with E-state index in [-0.39, 0.29) is 10.9 Å². The average molecular weight is 411 g/mol. The summed E-state index contributed by atoms with van der Waals surface area (Å²) in [7, 11) is 1.38. The first-order valence-electron chi connectivity index (χ1n) is 8.75. The zero-order chi connectivity index (χ0) is 22.1. The largest absolute Gasteiger partial charge is 0.420 e. The SMILES string of the molecule is C=C/C=C(\C)C#Cc1cnc(-n2c(=O)c3ccccc3n(C)c2=O)c(C(F)(F)F)c1. The van der Waals surface area contributed by atoms with Gasteiger partial charge in [-0.25, -0.2) is 14.3 Å². The molecule has 0 fully saturated rings. The van der Waals surface area contributed by atoms with Gasteiger partial charge in [-0.1, -0.05) is 42.7 Å². The fraction of sp³-hybridized carbons (Fsp3) is 0.136. The summed E-state index contributed by atoms with van der Waals surface area (Å²) in [6.45, 7) is 5.20. The summed E-state index contributed by atoms with van der Waals surface area (Å²) in [4.78, 5) is 29.4. The Labute approximate surface area is 169 Å². The third-order valence-corrected chi connectivity index (χ3v) is 4.33. The minimum absolute atomic E-state index is 0.00597. The number of para-hydroxylation sites is 1. The highest BCUT2D eigenvalue weighted by Crippen LogP contribution is 2.32. The van der Waals surface area contributed by atoms with E-state index >= 15 is 0 Å². The van der Waals surface area contributed by atoms with Crippen LogP contribution in [-0.4, -0.2) is 14.1 Å². The van der Waals surface area contributed by atoms with Gasteiger partial charge in [-0.15, -0.1) is 0 Å². The summed E-state index contributed by atoms with van der Waals surface area (Å²) < 4.78 is 42.9. The molecule has 0 N–H and O–H groups in total. The van der Waals surface area contributed by atoms with Crippen molar-refractivity contribution in [3.05, 3.63) is 92.8 Å². The second-order valence-corrected chi connectivity index (χ2v) is 6.43. The van der Waals surface area contributed by atoms with E-state index in [1.807, 2.05) is 0 Å². The Hall–Kier alpha value is -3.86. The van der Waals surface area contributed by atoms with Gasteiger partial charge in [0.05, 0.1) is 10.9 Å². The maximum atomic E-state index is 13.8. The summed E-state index contributed by atoms with van der Waals surface area (Å²) in [6.07, 6.45) is -0.645. The van der Waals surface area contributed by atoms with Crippen LogP contribution in [0.3, 0.4) is 0 Å². The Morgan fingerprint density at radius 3 is 2.60 bits per heavy atom. The Morgan fingerprint density at radius 2 is 1.93 bits per heavy atom. The standard InChI is InChI=1S/C22H16F3N3O2/c1-4-7-14(2)10-11-15-12-17(22(23,24)25)19(26-13-15)28-20(29)16-8-5-6-9-18(16)27(3)21(28)30/h4-9,12-13H,1H2,2-3H3/b14-7+. The van der Waals surface area contributed by atoms with Crippen LogP contribution in [0.2, 0.25) is 0 Å². The molecule has 0 unspecified atom stereocenters. The summed E-state index contributed by atoms with van der Waals surface area (Å²) in [5.74, 6) is 4.49. The minimum atomic E-state index is -4.86. The highest BCUT2D eigenvalue weighted by Gasteiger charge is 2.36. The Balaban J connectivity index is 2.32. The van der Waals surface area contributed by atoms with E-state index in [0.29, 0.717) is 15.7 Å². The van der Waals surface area contributed by atoms with Crippen molar-refractivity contribution in [1.29, 1.82) is 0 Å². The van der Waals surface area contributed by atoms with Crippen LogP contribution in [0, 0.1) is 11.8 Å². The fourth-order valence-corrected chi connectivity index (χ4v) is 2.90. The lowest BCUT2D eigenvalue weighted by atomic mass is 10.1. The highest BCUT2D eigenvalue weighted by atomic mass is 19.4. The van der Waals surface area contributed by atoms with Crippen LogP contribution in [0.4, 0.5) is 13.2 Å². The van der Waals surface area contributed by atoms with Gasteiger partial charge in [0.2, 0.25) is 0 Å². The van der Waals surface area contributed by atoms with Gasteiger partial charge in [0, 0.05) is 18.8 Å². The molecular formula is C22H16F3N3O2. The van der Waals surface area contributed by atoms with E-state index in [1.54, 1.807) is 31.2 Å². The normalized spacial score (nSPS) is 11.8. The number of fused-ring (bicyclic) bond motifs is 1. The molecule has 3 aromatic rings. The molecule has 152 valence electrons. The molecule has 0 spiro atoms. The average Bonchev–Trinajstić information content (AvgIpc) is 2.71.